The fourth-order valence-corrected chi connectivity index (χ4v) is 3.79. The molecular weight excluding hydrogens is 447 g/mol. The molecule has 0 saturated carbocycles. The van der Waals surface area contributed by atoms with Crippen LogP contribution >= 0.6 is 27.5 Å². The second kappa shape index (κ2) is 9.72. The van der Waals surface area contributed by atoms with Crippen LogP contribution in [0.3, 0.4) is 0 Å². The molecule has 3 rings (SSSR count). The largest absolute Gasteiger partial charge is 0.480 e. The third kappa shape index (κ3) is 5.93. The zero-order valence-electron chi connectivity index (χ0n) is 15.6. The Morgan fingerprint density at radius 2 is 1.96 bits per heavy atom. The first-order valence-corrected chi connectivity index (χ1v) is 10.5. The molecule has 4 nitrogen and oxygen atoms in total. The maximum atomic E-state index is 13.2. The molecule has 150 valence electrons. The van der Waals surface area contributed by atoms with E-state index in [1.807, 2.05) is 24.3 Å². The molecule has 1 aliphatic heterocycles. The summed E-state index contributed by atoms with van der Waals surface area (Å²) in [6.07, 6.45) is 1.13. The third-order valence-electron chi connectivity index (χ3n) is 4.82. The van der Waals surface area contributed by atoms with Gasteiger partial charge in [-0.05, 0) is 71.6 Å². The lowest BCUT2D eigenvalue weighted by molar-refractivity contribution is -0.128. The summed E-state index contributed by atoms with van der Waals surface area (Å²) in [5.41, 5.74) is 1.23. The highest BCUT2D eigenvalue weighted by atomic mass is 79.9. The van der Waals surface area contributed by atoms with Gasteiger partial charge in [-0.3, -0.25) is 9.69 Å². The van der Waals surface area contributed by atoms with E-state index in [9.17, 15) is 9.18 Å². The summed E-state index contributed by atoms with van der Waals surface area (Å²) >= 11 is 9.18. The van der Waals surface area contributed by atoms with Crippen LogP contribution in [0.4, 0.5) is 4.39 Å². The average molecular weight is 470 g/mol. The maximum absolute atomic E-state index is 13.2. The van der Waals surface area contributed by atoms with E-state index in [4.69, 9.17) is 16.3 Å². The van der Waals surface area contributed by atoms with E-state index in [-0.39, 0.29) is 17.8 Å². The van der Waals surface area contributed by atoms with Gasteiger partial charge in [0.15, 0.2) is 6.10 Å². The van der Waals surface area contributed by atoms with E-state index >= 15 is 0 Å². The zero-order chi connectivity index (χ0) is 20.1. The van der Waals surface area contributed by atoms with Gasteiger partial charge in [0.25, 0.3) is 5.91 Å². The van der Waals surface area contributed by atoms with Crippen molar-refractivity contribution in [2.45, 2.75) is 38.5 Å². The SMILES string of the molecule is CC(Oc1ccc(F)cc1Br)C(=O)NC1CCN(Cc2ccc(Cl)cc2)CC1. The smallest absolute Gasteiger partial charge is 0.260 e. The topological polar surface area (TPSA) is 41.6 Å². The van der Waals surface area contributed by atoms with Gasteiger partial charge in [-0.1, -0.05) is 23.7 Å². The molecule has 0 aromatic heterocycles. The molecule has 0 spiro atoms. The minimum absolute atomic E-state index is 0.136. The predicted octanol–water partition coefficient (Wildman–Crippen LogP) is 4.79. The lowest BCUT2D eigenvalue weighted by Gasteiger charge is -2.33. The van der Waals surface area contributed by atoms with Crippen molar-refractivity contribution in [1.29, 1.82) is 0 Å². The number of nitrogens with zero attached hydrogens (tertiary/aromatic N) is 1. The lowest BCUT2D eigenvalue weighted by atomic mass is 10.0. The van der Waals surface area contributed by atoms with Gasteiger partial charge in [-0.2, -0.15) is 0 Å². The molecule has 1 unspecified atom stereocenters. The highest BCUT2D eigenvalue weighted by Gasteiger charge is 2.24. The van der Waals surface area contributed by atoms with Crippen LogP contribution in [-0.2, 0) is 11.3 Å². The first-order valence-electron chi connectivity index (χ1n) is 9.29. The molecule has 0 aliphatic carbocycles. The molecule has 1 aliphatic rings. The average Bonchev–Trinajstić information content (AvgIpc) is 2.67. The van der Waals surface area contributed by atoms with Gasteiger partial charge in [-0.25, -0.2) is 4.39 Å². The number of ether oxygens (including phenoxy) is 1. The van der Waals surface area contributed by atoms with Crippen molar-refractivity contribution in [2.24, 2.45) is 0 Å². The molecule has 1 amide bonds. The number of carbonyl (C=O) groups is 1. The predicted molar refractivity (Wildman–Crippen MR) is 112 cm³/mol. The molecule has 2 aromatic carbocycles. The fourth-order valence-electron chi connectivity index (χ4n) is 3.22. The summed E-state index contributed by atoms with van der Waals surface area (Å²) in [5, 5.41) is 3.81. The highest BCUT2D eigenvalue weighted by molar-refractivity contribution is 9.10. The Hall–Kier alpha value is -1.63. The van der Waals surface area contributed by atoms with Gasteiger partial charge in [0, 0.05) is 30.7 Å². The molecule has 1 fully saturated rings. The molecule has 1 heterocycles. The van der Waals surface area contributed by atoms with Crippen molar-refractivity contribution in [3.8, 4) is 5.75 Å². The second-order valence-electron chi connectivity index (χ2n) is 7.02. The molecular formula is C21H23BrClFN2O2. The number of carbonyl (C=O) groups excluding carboxylic acids is 1. The number of halogens is 3. The Morgan fingerprint density at radius 3 is 2.61 bits per heavy atom. The van der Waals surface area contributed by atoms with Crippen LogP contribution in [0.5, 0.6) is 5.75 Å². The normalized spacial score (nSPS) is 16.6. The Labute approximate surface area is 178 Å². The van der Waals surface area contributed by atoms with Gasteiger partial charge in [-0.15, -0.1) is 0 Å². The summed E-state index contributed by atoms with van der Waals surface area (Å²) in [4.78, 5) is 14.8. The Balaban J connectivity index is 1.44. The number of hydrogen-bond donors (Lipinski definition) is 1. The van der Waals surface area contributed by atoms with Crippen LogP contribution in [0.15, 0.2) is 46.9 Å². The van der Waals surface area contributed by atoms with Crippen molar-refractivity contribution >= 4 is 33.4 Å². The first kappa shape index (κ1) is 21.1. The molecule has 0 bridgehead atoms. The van der Waals surface area contributed by atoms with Crippen LogP contribution < -0.4 is 10.1 Å². The molecule has 1 N–H and O–H groups in total. The van der Waals surface area contributed by atoms with Crippen molar-refractivity contribution in [1.82, 2.24) is 10.2 Å². The minimum atomic E-state index is -0.658. The van der Waals surface area contributed by atoms with Gasteiger partial charge in [0.05, 0.1) is 4.47 Å². The molecule has 1 atom stereocenters. The minimum Gasteiger partial charge on any atom is -0.480 e. The van der Waals surface area contributed by atoms with Crippen molar-refractivity contribution in [2.75, 3.05) is 13.1 Å². The molecule has 1 saturated heterocycles. The summed E-state index contributed by atoms with van der Waals surface area (Å²) in [6.45, 7) is 4.43. The van der Waals surface area contributed by atoms with Crippen LogP contribution in [0.2, 0.25) is 5.02 Å². The van der Waals surface area contributed by atoms with Gasteiger partial charge < -0.3 is 10.1 Å². The van der Waals surface area contributed by atoms with Gasteiger partial charge in [0.2, 0.25) is 0 Å². The maximum Gasteiger partial charge on any atom is 0.260 e. The number of amides is 1. The van der Waals surface area contributed by atoms with Crippen molar-refractivity contribution in [3.05, 3.63) is 63.3 Å². The molecule has 7 heteroatoms. The van der Waals surface area contributed by atoms with Crippen LogP contribution in [0.25, 0.3) is 0 Å². The second-order valence-corrected chi connectivity index (χ2v) is 8.31. The monoisotopic (exact) mass is 468 g/mol. The van der Waals surface area contributed by atoms with E-state index in [2.05, 4.69) is 26.1 Å². The van der Waals surface area contributed by atoms with Crippen molar-refractivity contribution in [3.63, 3.8) is 0 Å². The first-order chi connectivity index (χ1) is 13.4. The van der Waals surface area contributed by atoms with Crippen molar-refractivity contribution < 1.29 is 13.9 Å². The standard InChI is InChI=1S/C21H23BrClFN2O2/c1-14(28-20-7-6-17(24)12-19(20)22)21(27)25-18-8-10-26(11-9-18)13-15-2-4-16(23)5-3-15/h2-7,12,14,18H,8-11,13H2,1H3,(H,25,27). The van der Waals surface area contributed by atoms with Crippen LogP contribution in [0.1, 0.15) is 25.3 Å². The summed E-state index contributed by atoms with van der Waals surface area (Å²) < 4.78 is 19.3. The number of benzene rings is 2. The third-order valence-corrected chi connectivity index (χ3v) is 5.69. The van der Waals surface area contributed by atoms with E-state index in [0.29, 0.717) is 10.2 Å². The van der Waals surface area contributed by atoms with E-state index in [1.165, 1.54) is 23.8 Å². The Kier molecular flexibility index (Phi) is 7.32. The van der Waals surface area contributed by atoms with Crippen LogP contribution in [-0.4, -0.2) is 36.0 Å². The molecule has 28 heavy (non-hydrogen) atoms. The number of piperidine rings is 1. The van der Waals surface area contributed by atoms with Gasteiger partial charge >= 0.3 is 0 Å². The summed E-state index contributed by atoms with van der Waals surface area (Å²) in [7, 11) is 0. The lowest BCUT2D eigenvalue weighted by Crippen LogP contribution is -2.47. The van der Waals surface area contributed by atoms with E-state index < -0.39 is 6.10 Å². The number of hydrogen-bond acceptors (Lipinski definition) is 3. The highest BCUT2D eigenvalue weighted by Crippen LogP contribution is 2.26. The number of rotatable bonds is 6. The fraction of sp³-hybridized carbons (Fsp3) is 0.381. The van der Waals surface area contributed by atoms with E-state index in [1.54, 1.807) is 6.92 Å². The number of likely N-dealkylation sites (tertiary alicyclic amines) is 1. The molecule has 0 radical (unpaired) electrons. The summed E-state index contributed by atoms with van der Waals surface area (Å²) in [5.74, 6) is -0.0732. The van der Waals surface area contributed by atoms with Gasteiger partial charge in [0.1, 0.15) is 11.6 Å². The quantitative estimate of drug-likeness (QED) is 0.661. The Morgan fingerprint density at radius 1 is 1.29 bits per heavy atom. The Bertz CT molecular complexity index is 811. The van der Waals surface area contributed by atoms with Crippen LogP contribution in [0, 0.1) is 5.82 Å². The van der Waals surface area contributed by atoms with E-state index in [0.717, 1.165) is 37.5 Å². The molecule has 2 aromatic rings. The number of nitrogens with one attached hydrogen (secondary N) is 1. The summed E-state index contributed by atoms with van der Waals surface area (Å²) in [6, 6.07) is 12.2. The zero-order valence-corrected chi connectivity index (χ0v) is 18.0.